The number of hydrogen-bond donors (Lipinski definition) is 0. The minimum atomic E-state index is 0.361. The minimum absolute atomic E-state index is 0.361. The second-order valence-corrected chi connectivity index (χ2v) is 10.3. The molecule has 0 aliphatic heterocycles. The van der Waals surface area contributed by atoms with Crippen molar-refractivity contribution in [3.05, 3.63) is 103 Å². The molecule has 0 spiro atoms. The molecule has 0 N–H and O–H groups in total. The molecule has 8 heteroatoms. The first-order chi connectivity index (χ1) is 22.7. The van der Waals surface area contributed by atoms with Crippen molar-refractivity contribution in [3.63, 3.8) is 0 Å². The van der Waals surface area contributed by atoms with E-state index < -0.39 is 0 Å². The fourth-order valence-corrected chi connectivity index (χ4v) is 4.26. The van der Waals surface area contributed by atoms with Gasteiger partial charge >= 0.3 is 0 Å². The summed E-state index contributed by atoms with van der Waals surface area (Å²) in [4.78, 5) is 10.9. The first-order valence-electron chi connectivity index (χ1n) is 15.9. The van der Waals surface area contributed by atoms with E-state index in [1.165, 1.54) is 0 Å². The number of unbranched alkanes of at least 4 members (excludes halogenated alkanes) is 2. The maximum Gasteiger partial charge on any atom is 0.161 e. The maximum absolute atomic E-state index is 10.9. The smallest absolute Gasteiger partial charge is 0.161 e. The molecule has 46 heavy (non-hydrogen) atoms. The molecule has 0 saturated carbocycles. The van der Waals surface area contributed by atoms with E-state index in [-0.39, 0.29) is 0 Å². The molecular weight excluding hydrogens is 584 g/mol. The van der Waals surface area contributed by atoms with E-state index in [4.69, 9.17) is 33.2 Å². The quantitative estimate of drug-likeness (QED) is 0.0486. The van der Waals surface area contributed by atoms with Crippen LogP contribution < -0.4 is 14.2 Å². The van der Waals surface area contributed by atoms with Gasteiger partial charge in [0.15, 0.2) is 11.5 Å². The van der Waals surface area contributed by atoms with Gasteiger partial charge in [-0.05, 0) is 66.6 Å². The van der Waals surface area contributed by atoms with Crippen molar-refractivity contribution in [2.75, 3.05) is 66.1 Å². The molecule has 0 aliphatic carbocycles. The third-order valence-corrected chi connectivity index (χ3v) is 6.76. The van der Waals surface area contributed by atoms with Crippen LogP contribution in [0.1, 0.15) is 41.6 Å². The Kier molecular flexibility index (Phi) is 18.6. The summed E-state index contributed by atoms with van der Waals surface area (Å²) >= 11 is 0. The van der Waals surface area contributed by atoms with Crippen LogP contribution in [0.25, 0.3) is 11.1 Å². The van der Waals surface area contributed by atoms with E-state index in [0.29, 0.717) is 89.7 Å². The van der Waals surface area contributed by atoms with Crippen LogP contribution in [0, 0.1) is 0 Å². The Morgan fingerprint density at radius 1 is 0.522 bits per heavy atom. The van der Waals surface area contributed by atoms with Crippen molar-refractivity contribution in [3.8, 4) is 28.4 Å². The molecule has 0 radical (unpaired) electrons. The van der Waals surface area contributed by atoms with E-state index in [1.807, 2.05) is 78.9 Å². The van der Waals surface area contributed by atoms with Gasteiger partial charge in [-0.25, -0.2) is 0 Å². The van der Waals surface area contributed by atoms with E-state index in [0.717, 1.165) is 54.4 Å². The Morgan fingerprint density at radius 3 is 1.57 bits per heavy atom. The molecule has 0 atom stereocenters. The lowest BCUT2D eigenvalue weighted by atomic mass is 10.0. The molecule has 0 saturated heterocycles. The number of benzene rings is 3. The lowest BCUT2D eigenvalue weighted by Gasteiger charge is -2.15. The predicted octanol–water partition coefficient (Wildman–Crippen LogP) is 7.50. The largest absolute Gasteiger partial charge is 0.489 e. The average molecular weight is 633 g/mol. The van der Waals surface area contributed by atoms with Crippen LogP contribution in [0.15, 0.2) is 92.0 Å². The zero-order valence-corrected chi connectivity index (χ0v) is 26.9. The van der Waals surface area contributed by atoms with Crippen molar-refractivity contribution in [1.82, 2.24) is 0 Å². The Labute approximate surface area is 273 Å². The molecule has 0 bridgehead atoms. The summed E-state index contributed by atoms with van der Waals surface area (Å²) in [5.41, 5.74) is 3.67. The molecule has 3 aromatic carbocycles. The van der Waals surface area contributed by atoms with Gasteiger partial charge in [-0.2, -0.15) is 0 Å². The van der Waals surface area contributed by atoms with E-state index in [1.54, 1.807) is 0 Å². The van der Waals surface area contributed by atoms with Gasteiger partial charge in [0.05, 0.1) is 39.6 Å². The van der Waals surface area contributed by atoms with Crippen molar-refractivity contribution in [1.29, 1.82) is 0 Å². The zero-order chi connectivity index (χ0) is 32.5. The van der Waals surface area contributed by atoms with Crippen LogP contribution in [0.2, 0.25) is 0 Å². The van der Waals surface area contributed by atoms with Gasteiger partial charge in [-0.1, -0.05) is 54.6 Å². The van der Waals surface area contributed by atoms with E-state index in [2.05, 4.69) is 13.2 Å². The van der Waals surface area contributed by atoms with Gasteiger partial charge in [0.2, 0.25) is 0 Å². The lowest BCUT2D eigenvalue weighted by molar-refractivity contribution is 0.0326. The molecule has 3 rings (SSSR count). The molecule has 8 nitrogen and oxygen atoms in total. The van der Waals surface area contributed by atoms with Crippen LogP contribution in [0.5, 0.6) is 17.2 Å². The predicted molar refractivity (Wildman–Crippen MR) is 181 cm³/mol. The van der Waals surface area contributed by atoms with Crippen molar-refractivity contribution in [2.24, 2.45) is 0 Å². The average Bonchev–Trinajstić information content (AvgIpc) is 3.10. The molecule has 0 unspecified atom stereocenters. The summed E-state index contributed by atoms with van der Waals surface area (Å²) < 4.78 is 40.5. The normalized spacial score (nSPS) is 10.8. The van der Waals surface area contributed by atoms with Crippen LogP contribution in [-0.2, 0) is 25.6 Å². The topological polar surface area (TPSA) is 81.7 Å². The van der Waals surface area contributed by atoms with Crippen LogP contribution >= 0.6 is 0 Å². The highest BCUT2D eigenvalue weighted by molar-refractivity contribution is 5.77. The lowest BCUT2D eigenvalue weighted by Crippen LogP contribution is -2.13. The fraction of sp³-hybridized carbons (Fsp3) is 0.395. The number of ether oxygens (including phenoxy) is 7. The van der Waals surface area contributed by atoms with Gasteiger partial charge in [0, 0.05) is 18.8 Å². The number of carbonyl (C=O) groups excluding carboxylic acids is 1. The third-order valence-electron chi connectivity index (χ3n) is 6.76. The molecular formula is C38H48O8. The van der Waals surface area contributed by atoms with Crippen molar-refractivity contribution < 1.29 is 38.0 Å². The minimum Gasteiger partial charge on any atom is -0.489 e. The van der Waals surface area contributed by atoms with E-state index >= 15 is 0 Å². The number of hydrogen-bond acceptors (Lipinski definition) is 8. The number of allylic oxidation sites excluding steroid dienone is 2. The molecule has 0 fully saturated rings. The summed E-state index contributed by atoms with van der Waals surface area (Å²) in [5, 5.41) is 0. The molecule has 248 valence electrons. The highest BCUT2D eigenvalue weighted by Gasteiger charge is 2.09. The highest BCUT2D eigenvalue weighted by atomic mass is 16.6. The molecule has 0 amide bonds. The van der Waals surface area contributed by atoms with Gasteiger partial charge in [-0.3, -0.25) is 4.79 Å². The second-order valence-electron chi connectivity index (χ2n) is 10.3. The van der Waals surface area contributed by atoms with Gasteiger partial charge < -0.3 is 33.2 Å². The monoisotopic (exact) mass is 632 g/mol. The van der Waals surface area contributed by atoms with E-state index in [9.17, 15) is 4.79 Å². The van der Waals surface area contributed by atoms with Crippen LogP contribution in [0.4, 0.5) is 0 Å². The molecule has 0 aliphatic rings. The Hall–Kier alpha value is -3.95. The molecule has 3 aromatic rings. The number of aldehydes is 1. The summed E-state index contributed by atoms with van der Waals surface area (Å²) in [6.07, 6.45) is 8.46. The van der Waals surface area contributed by atoms with Crippen LogP contribution in [0.3, 0.4) is 0 Å². The number of carbonyl (C=O) groups is 1. The summed E-state index contributed by atoms with van der Waals surface area (Å²) in [6.45, 7) is 12.9. The van der Waals surface area contributed by atoms with Crippen LogP contribution in [-0.4, -0.2) is 72.4 Å². The Balaban J connectivity index is 1.47. The molecule has 0 aromatic heterocycles. The Morgan fingerprint density at radius 2 is 1.02 bits per heavy atom. The van der Waals surface area contributed by atoms with Gasteiger partial charge in [0.1, 0.15) is 31.9 Å². The molecule has 0 heterocycles. The Bertz CT molecular complexity index is 1260. The van der Waals surface area contributed by atoms with Gasteiger partial charge in [0.25, 0.3) is 0 Å². The first-order valence-corrected chi connectivity index (χ1v) is 15.9. The fourth-order valence-electron chi connectivity index (χ4n) is 4.26. The summed E-state index contributed by atoms with van der Waals surface area (Å²) in [6, 6.07) is 21.1. The highest BCUT2D eigenvalue weighted by Crippen LogP contribution is 2.29. The summed E-state index contributed by atoms with van der Waals surface area (Å²) in [7, 11) is 0. The standard InChI is InChI=1S/C38H48O8/c1-3-5-7-19-40-21-23-42-25-27-44-37-18-11-33(29-38(37)45-28-26-43-24-22-41-20-8-6-4-2)31-46-36-16-14-35(15-17-36)34-12-9-32(30-39)10-13-34/h3-4,9-18,29-30H,1-2,5-8,19-28,31H2. The first kappa shape index (κ1) is 36.5. The van der Waals surface area contributed by atoms with Gasteiger partial charge in [-0.15, -0.1) is 13.2 Å². The zero-order valence-electron chi connectivity index (χ0n) is 26.9. The number of rotatable bonds is 27. The van der Waals surface area contributed by atoms with Crippen molar-refractivity contribution >= 4 is 6.29 Å². The third kappa shape index (κ3) is 14.9. The summed E-state index contributed by atoms with van der Waals surface area (Å²) in [5.74, 6) is 1.99. The maximum atomic E-state index is 10.9. The second kappa shape index (κ2) is 23.4. The SMILES string of the molecule is C=CCCCOCCOCCOc1ccc(COc2ccc(-c3ccc(C=O)cc3)cc2)cc1OCCOCCOCCCC=C. The van der Waals surface area contributed by atoms with Crippen molar-refractivity contribution in [2.45, 2.75) is 32.3 Å².